The molecule has 100 valence electrons. The van der Waals surface area contributed by atoms with E-state index in [1.165, 1.54) is 23.5 Å². The lowest BCUT2D eigenvalue weighted by Crippen LogP contribution is -2.16. The van der Waals surface area contributed by atoms with Gasteiger partial charge in [-0.3, -0.25) is 0 Å². The third kappa shape index (κ3) is 1.55. The molecule has 0 saturated heterocycles. The SMILES string of the molecule is CN1C=CC(=C2C=CN(C)c3nsnc32)c2nsnc21. The van der Waals surface area contributed by atoms with Crippen molar-refractivity contribution in [3.63, 3.8) is 0 Å². The third-order valence-electron chi connectivity index (χ3n) is 3.34. The van der Waals surface area contributed by atoms with Crippen molar-refractivity contribution in [2.45, 2.75) is 0 Å². The number of hydrogen-bond acceptors (Lipinski definition) is 8. The van der Waals surface area contributed by atoms with Crippen LogP contribution in [0.5, 0.6) is 0 Å². The maximum atomic E-state index is 4.43. The third-order valence-corrected chi connectivity index (χ3v) is 4.38. The zero-order chi connectivity index (χ0) is 13.7. The number of fused-ring (bicyclic) bond motifs is 2. The summed E-state index contributed by atoms with van der Waals surface area (Å²) < 4.78 is 17.5. The predicted octanol–water partition coefficient (Wildman–Crippen LogP) is 2.23. The summed E-state index contributed by atoms with van der Waals surface area (Å²) in [6, 6.07) is 0. The summed E-state index contributed by atoms with van der Waals surface area (Å²) in [4.78, 5) is 3.95. The molecule has 2 aliphatic rings. The fraction of sp³-hybridized carbons (Fsp3) is 0.167. The highest BCUT2D eigenvalue weighted by Crippen LogP contribution is 2.39. The molecule has 6 nitrogen and oxygen atoms in total. The van der Waals surface area contributed by atoms with Gasteiger partial charge in [-0.1, -0.05) is 0 Å². The predicted molar refractivity (Wildman–Crippen MR) is 81.7 cm³/mol. The molecule has 0 atom stereocenters. The summed E-state index contributed by atoms with van der Waals surface area (Å²) in [6.45, 7) is 0. The molecule has 0 aliphatic carbocycles. The molecule has 2 aliphatic heterocycles. The van der Waals surface area contributed by atoms with Gasteiger partial charge in [-0.25, -0.2) is 0 Å². The standard InChI is InChI=1S/C12H10N6S2/c1-17-5-3-7(9-11(17)15-19-13-9)8-4-6-18(2)12-10(8)14-20-16-12/h3-6H,1-2H3. The Bertz CT molecular complexity index is 704. The lowest BCUT2D eigenvalue weighted by molar-refractivity contribution is 1.13. The first-order valence-electron chi connectivity index (χ1n) is 5.98. The first kappa shape index (κ1) is 11.7. The van der Waals surface area contributed by atoms with Crippen LogP contribution in [0.15, 0.2) is 24.6 Å². The van der Waals surface area contributed by atoms with E-state index in [4.69, 9.17) is 0 Å². The smallest absolute Gasteiger partial charge is 0.174 e. The second-order valence-corrected chi connectivity index (χ2v) is 5.61. The summed E-state index contributed by atoms with van der Waals surface area (Å²) in [6.07, 6.45) is 8.10. The maximum Gasteiger partial charge on any atom is 0.174 e. The normalized spacial score (nSPS) is 20.3. The summed E-state index contributed by atoms with van der Waals surface area (Å²) in [5.41, 5.74) is 3.90. The van der Waals surface area contributed by atoms with E-state index in [1.807, 2.05) is 36.3 Å². The Kier molecular flexibility index (Phi) is 2.48. The minimum Gasteiger partial charge on any atom is -0.333 e. The van der Waals surface area contributed by atoms with Crippen molar-refractivity contribution in [2.24, 2.45) is 0 Å². The average molecular weight is 302 g/mol. The van der Waals surface area contributed by atoms with Crippen LogP contribution in [0.1, 0.15) is 11.4 Å². The summed E-state index contributed by atoms with van der Waals surface area (Å²) in [7, 11) is 3.94. The molecule has 0 radical (unpaired) electrons. The Morgan fingerprint density at radius 2 is 1.20 bits per heavy atom. The fourth-order valence-corrected chi connectivity index (χ4v) is 3.47. The molecule has 0 spiro atoms. The van der Waals surface area contributed by atoms with Crippen molar-refractivity contribution in [2.75, 3.05) is 23.9 Å². The van der Waals surface area contributed by atoms with Crippen molar-refractivity contribution in [3.8, 4) is 0 Å². The fourth-order valence-electron chi connectivity index (χ4n) is 2.28. The first-order valence-corrected chi connectivity index (χ1v) is 7.44. The molecule has 0 unspecified atom stereocenters. The van der Waals surface area contributed by atoms with Crippen LogP contribution in [0.2, 0.25) is 0 Å². The van der Waals surface area contributed by atoms with E-state index in [1.54, 1.807) is 0 Å². The van der Waals surface area contributed by atoms with Gasteiger partial charge >= 0.3 is 0 Å². The number of hydrogen-bond donors (Lipinski definition) is 0. The van der Waals surface area contributed by atoms with Crippen LogP contribution in [-0.4, -0.2) is 31.6 Å². The Hall–Kier alpha value is -2.06. The number of rotatable bonds is 0. The number of allylic oxidation sites excluding steroid dienone is 4. The van der Waals surface area contributed by atoms with Gasteiger partial charge in [0.1, 0.15) is 11.4 Å². The zero-order valence-electron chi connectivity index (χ0n) is 10.8. The van der Waals surface area contributed by atoms with Gasteiger partial charge in [0.15, 0.2) is 11.6 Å². The van der Waals surface area contributed by atoms with E-state index in [0.717, 1.165) is 34.2 Å². The Morgan fingerprint density at radius 3 is 1.65 bits per heavy atom. The highest BCUT2D eigenvalue weighted by atomic mass is 32.1. The van der Waals surface area contributed by atoms with Crippen molar-refractivity contribution < 1.29 is 0 Å². The van der Waals surface area contributed by atoms with Crippen LogP contribution in [0.3, 0.4) is 0 Å². The molecule has 4 heterocycles. The molecule has 8 heteroatoms. The highest BCUT2D eigenvalue weighted by Gasteiger charge is 2.26. The lowest BCUT2D eigenvalue weighted by Gasteiger charge is -2.22. The van der Waals surface area contributed by atoms with Crippen LogP contribution in [0, 0.1) is 0 Å². The Balaban J connectivity index is 1.97. The number of aromatic nitrogens is 4. The van der Waals surface area contributed by atoms with Crippen LogP contribution in [0.25, 0.3) is 11.1 Å². The molecule has 0 N–H and O–H groups in total. The van der Waals surface area contributed by atoms with Crippen molar-refractivity contribution in [1.82, 2.24) is 17.5 Å². The number of anilines is 2. The van der Waals surface area contributed by atoms with Gasteiger partial charge in [0.25, 0.3) is 0 Å². The topological polar surface area (TPSA) is 58.0 Å². The summed E-state index contributed by atoms with van der Waals surface area (Å²) in [5.74, 6) is 1.77. The van der Waals surface area contributed by atoms with Gasteiger partial charge in [-0.15, -0.1) is 0 Å². The van der Waals surface area contributed by atoms with Crippen molar-refractivity contribution in [3.05, 3.63) is 35.9 Å². The molecule has 0 bridgehead atoms. The van der Waals surface area contributed by atoms with E-state index in [9.17, 15) is 0 Å². The molecule has 2 aromatic rings. The Labute approximate surface area is 124 Å². The van der Waals surface area contributed by atoms with E-state index in [2.05, 4.69) is 29.6 Å². The molecular formula is C12H10N6S2. The van der Waals surface area contributed by atoms with Crippen LogP contribution in [-0.2, 0) is 0 Å². The van der Waals surface area contributed by atoms with Crippen molar-refractivity contribution in [1.29, 1.82) is 0 Å². The van der Waals surface area contributed by atoms with E-state index >= 15 is 0 Å². The largest absolute Gasteiger partial charge is 0.333 e. The van der Waals surface area contributed by atoms with Gasteiger partial charge in [0.05, 0.1) is 23.5 Å². The van der Waals surface area contributed by atoms with E-state index in [0.29, 0.717) is 0 Å². The van der Waals surface area contributed by atoms with Gasteiger partial charge < -0.3 is 9.80 Å². The van der Waals surface area contributed by atoms with E-state index < -0.39 is 0 Å². The van der Waals surface area contributed by atoms with Gasteiger partial charge in [-0.2, -0.15) is 17.5 Å². The highest BCUT2D eigenvalue weighted by molar-refractivity contribution is 6.99. The summed E-state index contributed by atoms with van der Waals surface area (Å²) in [5, 5.41) is 0. The molecular weight excluding hydrogens is 292 g/mol. The van der Waals surface area contributed by atoms with Crippen molar-refractivity contribution >= 4 is 46.2 Å². The minimum absolute atomic E-state index is 0.886. The van der Waals surface area contributed by atoms with Crippen LogP contribution in [0.4, 0.5) is 11.6 Å². The quantitative estimate of drug-likeness (QED) is 0.744. The second kappa shape index (κ2) is 4.22. The van der Waals surface area contributed by atoms with Gasteiger partial charge in [0.2, 0.25) is 0 Å². The molecule has 0 fully saturated rings. The van der Waals surface area contributed by atoms with Gasteiger partial charge in [0, 0.05) is 37.6 Å². The molecule has 20 heavy (non-hydrogen) atoms. The first-order chi connectivity index (χ1) is 9.75. The van der Waals surface area contributed by atoms with E-state index in [-0.39, 0.29) is 0 Å². The molecule has 0 amide bonds. The monoisotopic (exact) mass is 302 g/mol. The second-order valence-electron chi connectivity index (χ2n) is 4.55. The van der Waals surface area contributed by atoms with Crippen LogP contribution >= 0.6 is 23.5 Å². The zero-order valence-corrected chi connectivity index (χ0v) is 12.4. The maximum absolute atomic E-state index is 4.43. The minimum atomic E-state index is 0.886. The molecule has 0 saturated carbocycles. The molecule has 2 aromatic heterocycles. The number of nitrogens with zero attached hydrogens (tertiary/aromatic N) is 6. The molecule has 0 aromatic carbocycles. The molecule has 4 rings (SSSR count). The van der Waals surface area contributed by atoms with Gasteiger partial charge in [-0.05, 0) is 12.2 Å². The Morgan fingerprint density at radius 1 is 0.750 bits per heavy atom. The average Bonchev–Trinajstić information content (AvgIpc) is 3.09. The lowest BCUT2D eigenvalue weighted by atomic mass is 9.98. The summed E-state index contributed by atoms with van der Waals surface area (Å²) >= 11 is 2.45. The van der Waals surface area contributed by atoms with Crippen LogP contribution < -0.4 is 9.80 Å².